The molecule has 3 aliphatic rings. The third-order valence-corrected chi connectivity index (χ3v) is 5.15. The molecule has 0 amide bonds. The van der Waals surface area contributed by atoms with Gasteiger partial charge in [0, 0.05) is 11.8 Å². The molecule has 1 atom stereocenters. The van der Waals surface area contributed by atoms with E-state index in [0.29, 0.717) is 17.4 Å². The van der Waals surface area contributed by atoms with Crippen molar-refractivity contribution in [2.45, 2.75) is 77.4 Å². The summed E-state index contributed by atoms with van der Waals surface area (Å²) in [7, 11) is 0. The van der Waals surface area contributed by atoms with Crippen LogP contribution in [0.4, 0.5) is 0 Å². The van der Waals surface area contributed by atoms with Gasteiger partial charge in [-0.15, -0.1) is 0 Å². The van der Waals surface area contributed by atoms with Gasteiger partial charge < -0.3 is 9.47 Å². The van der Waals surface area contributed by atoms with E-state index in [1.165, 1.54) is 38.5 Å². The number of rotatable bonds is 2. The molecule has 1 aliphatic heterocycles. The Morgan fingerprint density at radius 1 is 0.850 bits per heavy atom. The monoisotopic (exact) mass is 278 g/mol. The number of carbonyl (C=O) groups is 1. The molecule has 20 heavy (non-hydrogen) atoms. The van der Waals surface area contributed by atoms with Crippen LogP contribution in [-0.4, -0.2) is 12.3 Å². The van der Waals surface area contributed by atoms with Gasteiger partial charge in [-0.3, -0.25) is 0 Å². The molecule has 3 nitrogen and oxygen atoms in total. The first-order valence-electron chi connectivity index (χ1n) is 8.34. The molecule has 2 fully saturated rings. The van der Waals surface area contributed by atoms with Crippen LogP contribution >= 0.6 is 0 Å². The Hall–Kier alpha value is -0.990. The number of hydrogen-bond donors (Lipinski definition) is 0. The van der Waals surface area contributed by atoms with E-state index in [4.69, 9.17) is 9.47 Å². The SMILES string of the molecule is CC1=C(C2CCCCC2)OC(C2CCCCC2)OC1=O. The summed E-state index contributed by atoms with van der Waals surface area (Å²) in [5.74, 6) is 1.66. The lowest BCUT2D eigenvalue weighted by Crippen LogP contribution is -2.37. The van der Waals surface area contributed by atoms with Crippen LogP contribution in [0.2, 0.25) is 0 Å². The van der Waals surface area contributed by atoms with Gasteiger partial charge in [-0.05, 0) is 32.6 Å². The van der Waals surface area contributed by atoms with Crippen LogP contribution in [0.25, 0.3) is 0 Å². The molecule has 112 valence electrons. The second kappa shape index (κ2) is 6.19. The van der Waals surface area contributed by atoms with Gasteiger partial charge in [-0.25, -0.2) is 4.79 Å². The zero-order chi connectivity index (χ0) is 13.9. The first-order chi connectivity index (χ1) is 9.75. The maximum Gasteiger partial charge on any atom is 0.340 e. The first-order valence-corrected chi connectivity index (χ1v) is 8.34. The van der Waals surface area contributed by atoms with Crippen LogP contribution in [0.5, 0.6) is 0 Å². The third-order valence-electron chi connectivity index (χ3n) is 5.15. The quantitative estimate of drug-likeness (QED) is 0.706. The molecular weight excluding hydrogens is 252 g/mol. The topological polar surface area (TPSA) is 35.5 Å². The number of hydrogen-bond acceptors (Lipinski definition) is 3. The van der Waals surface area contributed by atoms with Gasteiger partial charge in [-0.1, -0.05) is 38.5 Å². The number of cyclic esters (lactones) is 1. The zero-order valence-corrected chi connectivity index (χ0v) is 12.5. The van der Waals surface area contributed by atoms with Gasteiger partial charge in [0.15, 0.2) is 0 Å². The average molecular weight is 278 g/mol. The minimum atomic E-state index is -0.316. The van der Waals surface area contributed by atoms with Crippen molar-refractivity contribution >= 4 is 5.97 Å². The Balaban J connectivity index is 1.73. The van der Waals surface area contributed by atoms with E-state index in [1.807, 2.05) is 6.92 Å². The van der Waals surface area contributed by atoms with Crippen molar-refractivity contribution in [3.63, 3.8) is 0 Å². The van der Waals surface area contributed by atoms with E-state index in [0.717, 1.165) is 31.4 Å². The van der Waals surface area contributed by atoms with E-state index in [2.05, 4.69) is 0 Å². The predicted molar refractivity (Wildman–Crippen MR) is 76.8 cm³/mol. The molecule has 3 rings (SSSR count). The maximum absolute atomic E-state index is 12.1. The lowest BCUT2D eigenvalue weighted by Gasteiger charge is -2.37. The number of allylic oxidation sites excluding steroid dienone is 1. The molecule has 0 saturated heterocycles. The zero-order valence-electron chi connectivity index (χ0n) is 12.5. The molecule has 1 unspecified atom stereocenters. The van der Waals surface area contributed by atoms with Gasteiger partial charge in [-0.2, -0.15) is 0 Å². The summed E-state index contributed by atoms with van der Waals surface area (Å²) in [6, 6.07) is 0. The molecule has 0 radical (unpaired) electrons. The molecule has 0 aromatic heterocycles. The molecule has 0 spiro atoms. The Morgan fingerprint density at radius 2 is 1.45 bits per heavy atom. The van der Waals surface area contributed by atoms with Crippen molar-refractivity contribution in [3.8, 4) is 0 Å². The summed E-state index contributed by atoms with van der Waals surface area (Å²) >= 11 is 0. The van der Waals surface area contributed by atoms with Gasteiger partial charge >= 0.3 is 5.97 Å². The fourth-order valence-corrected chi connectivity index (χ4v) is 3.90. The average Bonchev–Trinajstić information content (AvgIpc) is 2.51. The van der Waals surface area contributed by atoms with Crippen molar-refractivity contribution in [2.24, 2.45) is 11.8 Å². The van der Waals surface area contributed by atoms with Crippen LogP contribution in [0.1, 0.15) is 71.1 Å². The van der Waals surface area contributed by atoms with Crippen LogP contribution in [0.15, 0.2) is 11.3 Å². The van der Waals surface area contributed by atoms with E-state index in [1.54, 1.807) is 0 Å². The second-order valence-corrected chi connectivity index (χ2v) is 6.61. The van der Waals surface area contributed by atoms with Crippen molar-refractivity contribution < 1.29 is 14.3 Å². The standard InChI is InChI=1S/C17H26O3/c1-12-15(13-8-4-2-5-9-13)19-17(20-16(12)18)14-10-6-3-7-11-14/h13-14,17H,2-11H2,1H3. The summed E-state index contributed by atoms with van der Waals surface area (Å²) in [6.07, 6.45) is 11.9. The number of esters is 1. The highest BCUT2D eigenvalue weighted by Crippen LogP contribution is 2.38. The molecule has 3 heteroatoms. The summed E-state index contributed by atoms with van der Waals surface area (Å²) in [4.78, 5) is 12.1. The molecule has 0 bridgehead atoms. The van der Waals surface area contributed by atoms with Crippen LogP contribution in [-0.2, 0) is 14.3 Å². The lowest BCUT2D eigenvalue weighted by molar-refractivity contribution is -0.191. The Kier molecular flexibility index (Phi) is 4.32. The molecular formula is C17H26O3. The van der Waals surface area contributed by atoms with E-state index in [9.17, 15) is 4.79 Å². The smallest absolute Gasteiger partial charge is 0.340 e. The highest BCUT2D eigenvalue weighted by molar-refractivity contribution is 5.89. The molecule has 2 aliphatic carbocycles. The largest absolute Gasteiger partial charge is 0.458 e. The first kappa shape index (κ1) is 14.0. The van der Waals surface area contributed by atoms with Crippen molar-refractivity contribution in [1.29, 1.82) is 0 Å². The molecule has 0 N–H and O–H groups in total. The van der Waals surface area contributed by atoms with Gasteiger partial charge in [0.05, 0.1) is 5.57 Å². The van der Waals surface area contributed by atoms with Crippen LogP contribution in [0.3, 0.4) is 0 Å². The molecule has 0 aromatic rings. The summed E-state index contributed by atoms with van der Waals surface area (Å²) in [5.41, 5.74) is 0.712. The minimum absolute atomic E-state index is 0.146. The van der Waals surface area contributed by atoms with E-state index in [-0.39, 0.29) is 12.3 Å². The predicted octanol–water partition coefficient (Wildman–Crippen LogP) is 4.32. The summed E-state index contributed by atoms with van der Waals surface area (Å²) < 4.78 is 11.7. The fraction of sp³-hybridized carbons (Fsp3) is 0.824. The van der Waals surface area contributed by atoms with Crippen LogP contribution < -0.4 is 0 Å². The van der Waals surface area contributed by atoms with Crippen molar-refractivity contribution in [3.05, 3.63) is 11.3 Å². The van der Waals surface area contributed by atoms with Gasteiger partial charge in [0.25, 0.3) is 0 Å². The molecule has 2 saturated carbocycles. The summed E-state index contributed by atoms with van der Waals surface area (Å²) in [5, 5.41) is 0. The Bertz CT molecular complexity index is 387. The van der Waals surface area contributed by atoms with E-state index < -0.39 is 0 Å². The van der Waals surface area contributed by atoms with Crippen molar-refractivity contribution in [1.82, 2.24) is 0 Å². The lowest BCUT2D eigenvalue weighted by atomic mass is 9.85. The Morgan fingerprint density at radius 3 is 2.10 bits per heavy atom. The van der Waals surface area contributed by atoms with Crippen molar-refractivity contribution in [2.75, 3.05) is 0 Å². The Labute approximate surface area is 121 Å². The number of ether oxygens (including phenoxy) is 2. The van der Waals surface area contributed by atoms with E-state index >= 15 is 0 Å². The maximum atomic E-state index is 12.1. The second-order valence-electron chi connectivity index (χ2n) is 6.61. The van der Waals surface area contributed by atoms with Gasteiger partial charge in [0.1, 0.15) is 5.76 Å². The highest BCUT2D eigenvalue weighted by atomic mass is 16.7. The number of carbonyl (C=O) groups excluding carboxylic acids is 1. The fourth-order valence-electron chi connectivity index (χ4n) is 3.90. The molecule has 0 aromatic carbocycles. The highest BCUT2D eigenvalue weighted by Gasteiger charge is 2.37. The summed E-state index contributed by atoms with van der Waals surface area (Å²) in [6.45, 7) is 1.86. The third kappa shape index (κ3) is 2.87. The van der Waals surface area contributed by atoms with Crippen LogP contribution in [0, 0.1) is 11.8 Å². The van der Waals surface area contributed by atoms with Gasteiger partial charge in [0.2, 0.25) is 6.29 Å². The molecule has 1 heterocycles. The minimum Gasteiger partial charge on any atom is -0.458 e. The normalized spacial score (nSPS) is 30.1.